The van der Waals surface area contributed by atoms with E-state index in [0.29, 0.717) is 32.1 Å². The summed E-state index contributed by atoms with van der Waals surface area (Å²) in [5.74, 6) is 0.156. The molecule has 1 aliphatic rings. The van der Waals surface area contributed by atoms with Gasteiger partial charge in [0.2, 0.25) is 0 Å². The Hall–Kier alpha value is -4.04. The summed E-state index contributed by atoms with van der Waals surface area (Å²) in [6, 6.07) is 17.9. The standard InChI is InChI=1S/C27H21FN2O4S/c1-3-33-26(32)22-23(18-7-5-4-6-8-18)29-27-30(24(22)20-14-9-16(2)34-20)25(31)21(35-27)15-17-10-12-19(28)13-11-17/h4-15,24H,3H2,1-2H3. The van der Waals surface area contributed by atoms with Crippen LogP contribution in [0.5, 0.6) is 0 Å². The smallest absolute Gasteiger partial charge is 0.338 e. The van der Waals surface area contributed by atoms with E-state index < -0.39 is 12.0 Å². The fourth-order valence-electron chi connectivity index (χ4n) is 4.02. The number of carbonyl (C=O) groups is 1. The first kappa shape index (κ1) is 22.7. The Bertz CT molecular complexity index is 1610. The van der Waals surface area contributed by atoms with Crippen molar-refractivity contribution in [3.8, 4) is 0 Å². The number of fused-ring (bicyclic) bond motifs is 1. The lowest BCUT2D eigenvalue weighted by Gasteiger charge is -2.24. The van der Waals surface area contributed by atoms with Crippen LogP contribution in [0.2, 0.25) is 0 Å². The fraction of sp³-hybridized carbons (Fsp3) is 0.148. The van der Waals surface area contributed by atoms with Crippen LogP contribution in [-0.4, -0.2) is 17.1 Å². The summed E-state index contributed by atoms with van der Waals surface area (Å²) in [7, 11) is 0. The number of aromatic nitrogens is 1. The van der Waals surface area contributed by atoms with Crippen molar-refractivity contribution in [2.45, 2.75) is 19.9 Å². The molecular weight excluding hydrogens is 467 g/mol. The SMILES string of the molecule is CCOC(=O)C1=C(c2ccccc2)N=c2sc(=Cc3ccc(F)cc3)c(=O)n2C1c1ccc(C)o1. The highest BCUT2D eigenvalue weighted by Crippen LogP contribution is 2.35. The summed E-state index contributed by atoms with van der Waals surface area (Å²) in [5, 5.41) is 0. The molecule has 8 heteroatoms. The van der Waals surface area contributed by atoms with Crippen molar-refractivity contribution < 1.29 is 18.3 Å². The van der Waals surface area contributed by atoms with E-state index in [-0.39, 0.29) is 23.6 Å². The molecule has 1 aliphatic heterocycles. The molecule has 0 spiro atoms. The van der Waals surface area contributed by atoms with Crippen LogP contribution in [0, 0.1) is 12.7 Å². The molecule has 3 heterocycles. The molecule has 35 heavy (non-hydrogen) atoms. The zero-order valence-corrected chi connectivity index (χ0v) is 19.8. The van der Waals surface area contributed by atoms with Crippen molar-refractivity contribution in [3.63, 3.8) is 0 Å². The van der Waals surface area contributed by atoms with Gasteiger partial charge in [-0.15, -0.1) is 0 Å². The van der Waals surface area contributed by atoms with E-state index in [2.05, 4.69) is 0 Å². The fourth-order valence-corrected chi connectivity index (χ4v) is 5.02. The van der Waals surface area contributed by atoms with E-state index >= 15 is 0 Å². The van der Waals surface area contributed by atoms with Gasteiger partial charge in [0.15, 0.2) is 4.80 Å². The number of benzene rings is 2. The monoisotopic (exact) mass is 488 g/mol. The highest BCUT2D eigenvalue weighted by Gasteiger charge is 2.36. The third-order valence-electron chi connectivity index (χ3n) is 5.57. The van der Waals surface area contributed by atoms with Gasteiger partial charge in [-0.3, -0.25) is 9.36 Å². The number of furan rings is 1. The van der Waals surface area contributed by atoms with Crippen LogP contribution in [0.4, 0.5) is 4.39 Å². The minimum absolute atomic E-state index is 0.170. The average molecular weight is 489 g/mol. The molecule has 2 aromatic carbocycles. The average Bonchev–Trinajstić information content (AvgIpc) is 3.43. The summed E-state index contributed by atoms with van der Waals surface area (Å²) in [4.78, 5) is 32.1. The first-order valence-corrected chi connectivity index (χ1v) is 11.9. The third kappa shape index (κ3) is 4.28. The Kier molecular flexibility index (Phi) is 6.05. The molecule has 0 aliphatic carbocycles. The normalized spacial score (nSPS) is 15.6. The van der Waals surface area contributed by atoms with Crippen molar-refractivity contribution >= 4 is 29.1 Å². The van der Waals surface area contributed by atoms with Crippen molar-refractivity contribution in [3.05, 3.63) is 120 Å². The lowest BCUT2D eigenvalue weighted by molar-refractivity contribution is -0.139. The molecule has 0 amide bonds. The molecule has 176 valence electrons. The lowest BCUT2D eigenvalue weighted by Crippen LogP contribution is -2.39. The van der Waals surface area contributed by atoms with Gasteiger partial charge in [0.1, 0.15) is 23.4 Å². The van der Waals surface area contributed by atoms with E-state index in [1.165, 1.54) is 28.0 Å². The van der Waals surface area contributed by atoms with Gasteiger partial charge in [0.05, 0.1) is 22.4 Å². The van der Waals surface area contributed by atoms with Crippen LogP contribution in [0.1, 0.15) is 35.6 Å². The number of halogens is 1. The molecule has 0 fully saturated rings. The predicted octanol–water partition coefficient (Wildman–Crippen LogP) is 3.98. The second-order valence-electron chi connectivity index (χ2n) is 7.93. The number of aryl methyl sites for hydroxylation is 1. The number of hydrogen-bond donors (Lipinski definition) is 0. The van der Waals surface area contributed by atoms with Crippen LogP contribution in [-0.2, 0) is 9.53 Å². The van der Waals surface area contributed by atoms with Gasteiger partial charge in [-0.1, -0.05) is 53.8 Å². The van der Waals surface area contributed by atoms with Crippen LogP contribution in [0.3, 0.4) is 0 Å². The quantitative estimate of drug-likeness (QED) is 0.399. The molecule has 5 rings (SSSR count). The maximum Gasteiger partial charge on any atom is 0.338 e. The lowest BCUT2D eigenvalue weighted by atomic mass is 9.97. The maximum atomic E-state index is 13.6. The first-order valence-electron chi connectivity index (χ1n) is 11.1. The number of carbonyl (C=O) groups excluding carboxylic acids is 1. The Labute approximate surface area is 203 Å². The predicted molar refractivity (Wildman–Crippen MR) is 131 cm³/mol. The molecule has 4 aromatic rings. The van der Waals surface area contributed by atoms with Crippen molar-refractivity contribution in [1.29, 1.82) is 0 Å². The summed E-state index contributed by atoms with van der Waals surface area (Å²) in [6.07, 6.45) is 1.68. The van der Waals surface area contributed by atoms with E-state index in [9.17, 15) is 14.0 Å². The Morgan fingerprint density at radius 2 is 1.89 bits per heavy atom. The number of nitrogens with zero attached hydrogens (tertiary/aromatic N) is 2. The zero-order chi connectivity index (χ0) is 24.5. The maximum absolute atomic E-state index is 13.6. The van der Waals surface area contributed by atoms with E-state index in [1.54, 1.807) is 44.2 Å². The van der Waals surface area contributed by atoms with Crippen molar-refractivity contribution in [1.82, 2.24) is 4.57 Å². The minimum atomic E-state index is -0.857. The molecule has 0 saturated heterocycles. The van der Waals surface area contributed by atoms with Gasteiger partial charge in [-0.2, -0.15) is 0 Å². The zero-order valence-electron chi connectivity index (χ0n) is 19.0. The number of thiazole rings is 1. The highest BCUT2D eigenvalue weighted by molar-refractivity contribution is 7.07. The molecule has 0 saturated carbocycles. The second kappa shape index (κ2) is 9.31. The molecule has 1 unspecified atom stereocenters. The summed E-state index contributed by atoms with van der Waals surface area (Å²) < 4.78 is 26.6. The van der Waals surface area contributed by atoms with E-state index in [1.807, 2.05) is 30.3 Å². The molecule has 0 bridgehead atoms. The van der Waals surface area contributed by atoms with Gasteiger partial charge in [0, 0.05) is 5.56 Å². The van der Waals surface area contributed by atoms with Crippen LogP contribution in [0.25, 0.3) is 11.8 Å². The number of esters is 1. The summed E-state index contributed by atoms with van der Waals surface area (Å²) >= 11 is 1.20. The van der Waals surface area contributed by atoms with Crippen molar-refractivity contribution in [2.24, 2.45) is 4.99 Å². The number of hydrogen-bond acceptors (Lipinski definition) is 6. The largest absolute Gasteiger partial charge is 0.464 e. The first-order chi connectivity index (χ1) is 17.0. The van der Waals surface area contributed by atoms with E-state index in [0.717, 1.165) is 5.56 Å². The molecule has 1 atom stereocenters. The molecule has 0 N–H and O–H groups in total. The Morgan fingerprint density at radius 3 is 2.54 bits per heavy atom. The van der Waals surface area contributed by atoms with Gasteiger partial charge in [-0.25, -0.2) is 14.2 Å². The van der Waals surface area contributed by atoms with Crippen molar-refractivity contribution in [2.75, 3.05) is 6.61 Å². The topological polar surface area (TPSA) is 73.8 Å². The number of rotatable bonds is 5. The Balaban J connectivity index is 1.82. The molecule has 6 nitrogen and oxygen atoms in total. The highest BCUT2D eigenvalue weighted by atomic mass is 32.1. The summed E-state index contributed by atoms with van der Waals surface area (Å²) in [5.41, 5.74) is 1.73. The third-order valence-corrected chi connectivity index (χ3v) is 6.56. The second-order valence-corrected chi connectivity index (χ2v) is 8.94. The van der Waals surface area contributed by atoms with Crippen LogP contribution >= 0.6 is 11.3 Å². The van der Waals surface area contributed by atoms with Gasteiger partial charge in [0.25, 0.3) is 5.56 Å². The minimum Gasteiger partial charge on any atom is -0.464 e. The molecular formula is C27H21FN2O4S. The van der Waals surface area contributed by atoms with Gasteiger partial charge < -0.3 is 9.15 Å². The molecule has 0 radical (unpaired) electrons. The number of ether oxygens (including phenoxy) is 1. The van der Waals surface area contributed by atoms with Gasteiger partial charge >= 0.3 is 5.97 Å². The van der Waals surface area contributed by atoms with Crippen LogP contribution in [0.15, 0.2) is 86.5 Å². The molecule has 2 aromatic heterocycles. The van der Waals surface area contributed by atoms with Crippen LogP contribution < -0.4 is 14.9 Å². The van der Waals surface area contributed by atoms with E-state index in [4.69, 9.17) is 14.1 Å². The summed E-state index contributed by atoms with van der Waals surface area (Å²) in [6.45, 7) is 3.70. The Morgan fingerprint density at radius 1 is 1.14 bits per heavy atom. The van der Waals surface area contributed by atoms with Gasteiger partial charge in [-0.05, 0) is 49.8 Å².